The van der Waals surface area contributed by atoms with Crippen LogP contribution in [-0.4, -0.2) is 29.1 Å². The zero-order valence-corrected chi connectivity index (χ0v) is 13.2. The highest BCUT2D eigenvalue weighted by atomic mass is 16.5. The van der Waals surface area contributed by atoms with Gasteiger partial charge >= 0.3 is 0 Å². The van der Waals surface area contributed by atoms with Crippen LogP contribution in [0.4, 0.5) is 5.69 Å². The Kier molecular flexibility index (Phi) is 3.91. The normalized spacial score (nSPS) is 10.6. The van der Waals surface area contributed by atoms with E-state index in [-0.39, 0.29) is 11.5 Å². The van der Waals surface area contributed by atoms with Gasteiger partial charge in [0.15, 0.2) is 0 Å². The van der Waals surface area contributed by atoms with Gasteiger partial charge in [0.1, 0.15) is 11.4 Å². The summed E-state index contributed by atoms with van der Waals surface area (Å²) in [6, 6.07) is 10.4. The molecule has 3 rings (SSSR count). The molecule has 0 fully saturated rings. The fourth-order valence-electron chi connectivity index (χ4n) is 2.52. The molecule has 2 aromatic carbocycles. The number of nitrogens with zero attached hydrogens (tertiary/aromatic N) is 1. The van der Waals surface area contributed by atoms with Gasteiger partial charge in [-0.2, -0.15) is 5.10 Å². The quantitative estimate of drug-likeness (QED) is 0.684. The van der Waals surface area contributed by atoms with Gasteiger partial charge in [-0.1, -0.05) is 0 Å². The molecule has 1 aromatic heterocycles. The molecule has 0 atom stereocenters. The lowest BCUT2D eigenvalue weighted by Crippen LogP contribution is -2.13. The number of nitrogens with two attached hydrogens (primary N) is 1. The lowest BCUT2D eigenvalue weighted by molar-refractivity contribution is -0.114. The van der Waals surface area contributed by atoms with Gasteiger partial charge in [0, 0.05) is 29.1 Å². The van der Waals surface area contributed by atoms with E-state index in [1.54, 1.807) is 19.2 Å². The Morgan fingerprint density at radius 2 is 2.00 bits per heavy atom. The van der Waals surface area contributed by atoms with Crippen molar-refractivity contribution >= 4 is 28.4 Å². The number of fused-ring (bicyclic) bond motifs is 1. The highest BCUT2D eigenvalue weighted by molar-refractivity contribution is 6.00. The van der Waals surface area contributed by atoms with Crippen LogP contribution in [0.2, 0.25) is 0 Å². The van der Waals surface area contributed by atoms with Gasteiger partial charge in [-0.15, -0.1) is 0 Å². The Hall–Kier alpha value is -3.35. The Labute approximate surface area is 137 Å². The zero-order chi connectivity index (χ0) is 17.3. The number of rotatable bonds is 4. The first kappa shape index (κ1) is 15.5. The molecule has 0 saturated carbocycles. The van der Waals surface area contributed by atoms with E-state index in [0.29, 0.717) is 22.7 Å². The number of aromatic amines is 1. The second-order valence-electron chi connectivity index (χ2n) is 5.33. The van der Waals surface area contributed by atoms with E-state index in [0.717, 1.165) is 10.9 Å². The molecule has 4 N–H and O–H groups in total. The number of H-pyrrole nitrogens is 1. The third-order valence-electron chi connectivity index (χ3n) is 3.58. The summed E-state index contributed by atoms with van der Waals surface area (Å²) in [5.74, 6) is -0.129. The summed E-state index contributed by atoms with van der Waals surface area (Å²) in [5, 5.41) is 10.8. The smallest absolute Gasteiger partial charge is 0.248 e. The van der Waals surface area contributed by atoms with Gasteiger partial charge in [0.2, 0.25) is 11.8 Å². The Bertz CT molecular complexity index is 946. The number of benzene rings is 2. The van der Waals surface area contributed by atoms with Crippen LogP contribution in [0.3, 0.4) is 0 Å². The van der Waals surface area contributed by atoms with E-state index >= 15 is 0 Å². The van der Waals surface area contributed by atoms with E-state index in [4.69, 9.17) is 10.5 Å². The summed E-state index contributed by atoms with van der Waals surface area (Å²) in [7, 11) is 1.59. The van der Waals surface area contributed by atoms with Crippen LogP contribution in [0.5, 0.6) is 5.75 Å². The number of carbonyl (C=O) groups excluding carboxylic acids is 2. The maximum Gasteiger partial charge on any atom is 0.248 e. The molecule has 0 radical (unpaired) electrons. The Morgan fingerprint density at radius 3 is 2.67 bits per heavy atom. The highest BCUT2D eigenvalue weighted by Crippen LogP contribution is 2.31. The van der Waals surface area contributed by atoms with Gasteiger partial charge in [-0.25, -0.2) is 0 Å². The molecule has 0 aliphatic carbocycles. The lowest BCUT2D eigenvalue weighted by Gasteiger charge is -2.08. The van der Waals surface area contributed by atoms with Crippen molar-refractivity contribution in [3.63, 3.8) is 0 Å². The third-order valence-corrected chi connectivity index (χ3v) is 3.58. The molecule has 0 spiro atoms. The van der Waals surface area contributed by atoms with Gasteiger partial charge in [-0.05, 0) is 36.4 Å². The molecule has 24 heavy (non-hydrogen) atoms. The first-order valence-electron chi connectivity index (χ1n) is 7.23. The number of anilines is 1. The molecular formula is C17H16N4O3. The molecule has 1 heterocycles. The van der Waals surface area contributed by atoms with E-state index < -0.39 is 5.91 Å². The SMILES string of the molecule is COc1ccc2[nH]nc(-c3cc(NC(C)=O)cc(C(N)=O)c3)c2c1. The highest BCUT2D eigenvalue weighted by Gasteiger charge is 2.13. The molecule has 7 heteroatoms. The summed E-state index contributed by atoms with van der Waals surface area (Å²) < 4.78 is 5.25. The van der Waals surface area contributed by atoms with E-state index in [1.807, 2.05) is 18.2 Å². The second-order valence-corrected chi connectivity index (χ2v) is 5.33. The fourth-order valence-corrected chi connectivity index (χ4v) is 2.52. The van der Waals surface area contributed by atoms with E-state index in [1.165, 1.54) is 13.0 Å². The van der Waals surface area contributed by atoms with Crippen molar-refractivity contribution in [2.45, 2.75) is 6.92 Å². The summed E-state index contributed by atoms with van der Waals surface area (Å²) in [5.41, 5.74) is 8.29. The van der Waals surface area contributed by atoms with Gasteiger partial charge in [-0.3, -0.25) is 14.7 Å². The fraction of sp³-hybridized carbons (Fsp3) is 0.118. The minimum Gasteiger partial charge on any atom is -0.497 e. The molecule has 122 valence electrons. The maximum atomic E-state index is 11.6. The summed E-state index contributed by atoms with van der Waals surface area (Å²) >= 11 is 0. The number of amides is 2. The van der Waals surface area contributed by atoms with Crippen LogP contribution in [0.15, 0.2) is 36.4 Å². The standard InChI is InChI=1S/C17H16N4O3/c1-9(22)19-12-6-10(5-11(7-12)17(18)23)16-14-8-13(24-2)3-4-15(14)20-21-16/h3-8H,1-2H3,(H2,18,23)(H,19,22)(H,20,21). The van der Waals surface area contributed by atoms with Crippen molar-refractivity contribution in [1.29, 1.82) is 0 Å². The Morgan fingerprint density at radius 1 is 1.21 bits per heavy atom. The van der Waals surface area contributed by atoms with Crippen LogP contribution in [-0.2, 0) is 4.79 Å². The van der Waals surface area contributed by atoms with E-state index in [9.17, 15) is 9.59 Å². The predicted molar refractivity (Wildman–Crippen MR) is 90.9 cm³/mol. The van der Waals surface area contributed by atoms with Crippen LogP contribution in [0.1, 0.15) is 17.3 Å². The van der Waals surface area contributed by atoms with Crippen molar-refractivity contribution in [3.8, 4) is 17.0 Å². The summed E-state index contributed by atoms with van der Waals surface area (Å²) in [6.07, 6.45) is 0. The van der Waals surface area contributed by atoms with Crippen molar-refractivity contribution in [2.75, 3.05) is 12.4 Å². The Balaban J connectivity index is 2.19. The summed E-state index contributed by atoms with van der Waals surface area (Å²) in [6.45, 7) is 1.39. The first-order chi connectivity index (χ1) is 11.5. The van der Waals surface area contributed by atoms with Crippen molar-refractivity contribution in [2.24, 2.45) is 5.73 Å². The maximum absolute atomic E-state index is 11.6. The molecular weight excluding hydrogens is 308 g/mol. The number of carbonyl (C=O) groups is 2. The van der Waals surface area contributed by atoms with Gasteiger partial charge in [0.25, 0.3) is 0 Å². The van der Waals surface area contributed by atoms with Crippen LogP contribution < -0.4 is 15.8 Å². The number of hydrogen-bond acceptors (Lipinski definition) is 4. The van der Waals surface area contributed by atoms with Crippen molar-refractivity contribution in [1.82, 2.24) is 10.2 Å². The number of hydrogen-bond donors (Lipinski definition) is 3. The number of methoxy groups -OCH3 is 1. The molecule has 2 amide bonds. The average Bonchev–Trinajstić information content (AvgIpc) is 2.96. The van der Waals surface area contributed by atoms with Crippen molar-refractivity contribution < 1.29 is 14.3 Å². The van der Waals surface area contributed by atoms with Crippen LogP contribution >= 0.6 is 0 Å². The van der Waals surface area contributed by atoms with Crippen LogP contribution in [0, 0.1) is 0 Å². The lowest BCUT2D eigenvalue weighted by atomic mass is 10.0. The van der Waals surface area contributed by atoms with Crippen LogP contribution in [0.25, 0.3) is 22.2 Å². The topological polar surface area (TPSA) is 110 Å². The van der Waals surface area contributed by atoms with Gasteiger partial charge in [0.05, 0.1) is 12.6 Å². The van der Waals surface area contributed by atoms with E-state index in [2.05, 4.69) is 15.5 Å². The van der Waals surface area contributed by atoms with Gasteiger partial charge < -0.3 is 15.8 Å². The first-order valence-corrected chi connectivity index (χ1v) is 7.23. The predicted octanol–water partition coefficient (Wildman–Crippen LogP) is 2.30. The largest absolute Gasteiger partial charge is 0.497 e. The average molecular weight is 324 g/mol. The molecule has 0 bridgehead atoms. The molecule has 7 nitrogen and oxygen atoms in total. The van der Waals surface area contributed by atoms with Crippen molar-refractivity contribution in [3.05, 3.63) is 42.0 Å². The molecule has 0 aliphatic heterocycles. The summed E-state index contributed by atoms with van der Waals surface area (Å²) in [4.78, 5) is 22.9. The molecule has 0 aliphatic rings. The molecule has 3 aromatic rings. The minimum atomic E-state index is -0.583. The molecule has 0 unspecified atom stereocenters. The monoisotopic (exact) mass is 324 g/mol. The number of aromatic nitrogens is 2. The second kappa shape index (κ2) is 6.04. The molecule has 0 saturated heterocycles. The zero-order valence-electron chi connectivity index (χ0n) is 13.2. The number of ether oxygens (including phenoxy) is 1. The minimum absolute atomic E-state index is 0.240. The number of primary amides is 1. The number of nitrogens with one attached hydrogen (secondary N) is 2. The third kappa shape index (κ3) is 2.91.